The second kappa shape index (κ2) is 6.29. The normalized spacial score (nSPS) is 11.2. The molecule has 0 aliphatic carbocycles. The molecule has 0 aliphatic heterocycles. The summed E-state index contributed by atoms with van der Waals surface area (Å²) in [5, 5.41) is 12.1. The lowest BCUT2D eigenvalue weighted by Gasteiger charge is -2.11. The highest BCUT2D eigenvalue weighted by Gasteiger charge is 2.13. The molecule has 0 atom stereocenters. The Kier molecular flexibility index (Phi) is 4.21. The first-order valence-corrected chi connectivity index (χ1v) is 8.33. The molecule has 0 unspecified atom stereocenters. The Balaban J connectivity index is 2.04. The summed E-state index contributed by atoms with van der Waals surface area (Å²) in [5.41, 5.74) is 2.11. The SMILES string of the molecule is CC(C)CCn1c(Cc2cccs2)cc2cnc(C#N)nc21. The van der Waals surface area contributed by atoms with Crippen LogP contribution in [0.4, 0.5) is 0 Å². The van der Waals surface area contributed by atoms with Crippen LogP contribution in [0.25, 0.3) is 11.0 Å². The van der Waals surface area contributed by atoms with Gasteiger partial charge in [0.15, 0.2) is 0 Å². The molecule has 0 spiro atoms. The Hall–Kier alpha value is -2.19. The van der Waals surface area contributed by atoms with Crippen molar-refractivity contribution in [2.45, 2.75) is 33.2 Å². The second-order valence-electron chi connectivity index (χ2n) is 5.81. The van der Waals surface area contributed by atoms with Crippen molar-refractivity contribution in [2.24, 2.45) is 5.92 Å². The van der Waals surface area contributed by atoms with Crippen molar-refractivity contribution < 1.29 is 0 Å². The zero-order valence-electron chi connectivity index (χ0n) is 12.8. The molecule has 0 fully saturated rings. The van der Waals surface area contributed by atoms with Crippen LogP contribution in [0.2, 0.25) is 0 Å². The first kappa shape index (κ1) is 14.7. The van der Waals surface area contributed by atoms with Crippen LogP contribution in [0.1, 0.15) is 36.7 Å². The van der Waals surface area contributed by atoms with E-state index in [0.717, 1.165) is 30.4 Å². The van der Waals surface area contributed by atoms with Gasteiger partial charge in [0, 0.05) is 35.1 Å². The van der Waals surface area contributed by atoms with Crippen LogP contribution in [0.5, 0.6) is 0 Å². The van der Waals surface area contributed by atoms with E-state index >= 15 is 0 Å². The summed E-state index contributed by atoms with van der Waals surface area (Å²) in [6.45, 7) is 5.37. The highest BCUT2D eigenvalue weighted by molar-refractivity contribution is 7.09. The first-order chi connectivity index (χ1) is 10.7. The second-order valence-corrected chi connectivity index (χ2v) is 6.84. The van der Waals surface area contributed by atoms with E-state index < -0.39 is 0 Å². The first-order valence-electron chi connectivity index (χ1n) is 7.45. The molecule has 3 aromatic heterocycles. The maximum Gasteiger partial charge on any atom is 0.234 e. The molecule has 0 bridgehead atoms. The van der Waals surface area contributed by atoms with Gasteiger partial charge in [0.1, 0.15) is 11.7 Å². The topological polar surface area (TPSA) is 54.5 Å². The quantitative estimate of drug-likeness (QED) is 0.715. The largest absolute Gasteiger partial charge is 0.329 e. The van der Waals surface area contributed by atoms with Crippen molar-refractivity contribution >= 4 is 22.4 Å². The smallest absolute Gasteiger partial charge is 0.234 e. The Morgan fingerprint density at radius 2 is 2.27 bits per heavy atom. The fourth-order valence-electron chi connectivity index (χ4n) is 2.52. The molecule has 0 amide bonds. The van der Waals surface area contributed by atoms with Gasteiger partial charge in [0.2, 0.25) is 5.82 Å². The Morgan fingerprint density at radius 1 is 1.41 bits per heavy atom. The minimum Gasteiger partial charge on any atom is -0.329 e. The summed E-state index contributed by atoms with van der Waals surface area (Å²) in [5.74, 6) is 0.864. The lowest BCUT2D eigenvalue weighted by atomic mass is 10.1. The third-order valence-electron chi connectivity index (χ3n) is 3.69. The highest BCUT2D eigenvalue weighted by atomic mass is 32.1. The molecule has 0 saturated heterocycles. The molecule has 22 heavy (non-hydrogen) atoms. The van der Waals surface area contributed by atoms with E-state index in [9.17, 15) is 0 Å². The number of rotatable bonds is 5. The molecule has 5 heteroatoms. The fourth-order valence-corrected chi connectivity index (χ4v) is 3.24. The Labute approximate surface area is 134 Å². The number of fused-ring (bicyclic) bond motifs is 1. The predicted molar refractivity (Wildman–Crippen MR) is 88.8 cm³/mol. The number of aryl methyl sites for hydroxylation is 1. The van der Waals surface area contributed by atoms with E-state index in [4.69, 9.17) is 5.26 Å². The van der Waals surface area contributed by atoms with Gasteiger partial charge in [0.25, 0.3) is 0 Å². The van der Waals surface area contributed by atoms with E-state index in [1.54, 1.807) is 17.5 Å². The van der Waals surface area contributed by atoms with Crippen LogP contribution in [0.3, 0.4) is 0 Å². The van der Waals surface area contributed by atoms with Crippen LogP contribution in [0, 0.1) is 17.2 Å². The Bertz CT molecular complexity index is 809. The van der Waals surface area contributed by atoms with Crippen molar-refractivity contribution in [1.82, 2.24) is 14.5 Å². The van der Waals surface area contributed by atoms with Crippen LogP contribution in [-0.4, -0.2) is 14.5 Å². The molecule has 0 saturated carbocycles. The zero-order chi connectivity index (χ0) is 15.5. The molecule has 0 aliphatic rings. The lowest BCUT2D eigenvalue weighted by molar-refractivity contribution is 0.516. The number of thiophene rings is 1. The molecular weight excluding hydrogens is 292 g/mol. The highest BCUT2D eigenvalue weighted by Crippen LogP contribution is 2.23. The van der Waals surface area contributed by atoms with Gasteiger partial charge in [-0.1, -0.05) is 19.9 Å². The molecular formula is C17H18N4S. The molecule has 3 heterocycles. The van der Waals surface area contributed by atoms with Crippen molar-refractivity contribution in [1.29, 1.82) is 5.26 Å². The number of hydrogen-bond acceptors (Lipinski definition) is 4. The molecule has 4 nitrogen and oxygen atoms in total. The standard InChI is InChI=1S/C17H18N4S/c1-12(2)5-6-21-14(9-15-4-3-7-22-15)8-13-11-19-16(10-18)20-17(13)21/h3-4,7-8,11-12H,5-6,9H2,1-2H3. The summed E-state index contributed by atoms with van der Waals surface area (Å²) in [4.78, 5) is 9.84. The summed E-state index contributed by atoms with van der Waals surface area (Å²) in [6.07, 6.45) is 3.74. The van der Waals surface area contributed by atoms with Gasteiger partial charge >= 0.3 is 0 Å². The van der Waals surface area contributed by atoms with E-state index in [2.05, 4.69) is 52.0 Å². The summed E-state index contributed by atoms with van der Waals surface area (Å²) in [6, 6.07) is 8.41. The average Bonchev–Trinajstić information content (AvgIpc) is 3.12. The molecule has 3 aromatic rings. The maximum atomic E-state index is 9.04. The average molecular weight is 310 g/mol. The van der Waals surface area contributed by atoms with Gasteiger partial charge < -0.3 is 4.57 Å². The van der Waals surface area contributed by atoms with Crippen molar-refractivity contribution in [3.8, 4) is 6.07 Å². The minimum absolute atomic E-state index is 0.235. The van der Waals surface area contributed by atoms with Gasteiger partial charge in [0.05, 0.1) is 0 Å². The molecule has 0 N–H and O–H groups in total. The van der Waals surface area contributed by atoms with Crippen LogP contribution >= 0.6 is 11.3 Å². The number of nitriles is 1. The molecule has 112 valence electrons. The minimum atomic E-state index is 0.235. The van der Waals surface area contributed by atoms with Crippen molar-refractivity contribution in [3.63, 3.8) is 0 Å². The molecule has 0 radical (unpaired) electrons. The Morgan fingerprint density at radius 3 is 2.95 bits per heavy atom. The van der Waals surface area contributed by atoms with Gasteiger partial charge in [-0.3, -0.25) is 0 Å². The van der Waals surface area contributed by atoms with E-state index in [-0.39, 0.29) is 5.82 Å². The van der Waals surface area contributed by atoms with E-state index in [0.29, 0.717) is 5.92 Å². The van der Waals surface area contributed by atoms with Gasteiger partial charge in [-0.05, 0) is 29.9 Å². The fraction of sp³-hybridized carbons (Fsp3) is 0.353. The van der Waals surface area contributed by atoms with Crippen LogP contribution < -0.4 is 0 Å². The van der Waals surface area contributed by atoms with Gasteiger partial charge in [-0.2, -0.15) is 5.26 Å². The lowest BCUT2D eigenvalue weighted by Crippen LogP contribution is -2.07. The van der Waals surface area contributed by atoms with Crippen LogP contribution in [0.15, 0.2) is 29.8 Å². The number of nitrogens with zero attached hydrogens (tertiary/aromatic N) is 4. The summed E-state index contributed by atoms with van der Waals surface area (Å²) >= 11 is 1.77. The molecule has 0 aromatic carbocycles. The zero-order valence-corrected chi connectivity index (χ0v) is 13.6. The number of aromatic nitrogens is 3. The monoisotopic (exact) mass is 310 g/mol. The summed E-state index contributed by atoms with van der Waals surface area (Å²) < 4.78 is 2.25. The maximum absolute atomic E-state index is 9.04. The van der Waals surface area contributed by atoms with Gasteiger partial charge in [-0.25, -0.2) is 9.97 Å². The third-order valence-corrected chi connectivity index (χ3v) is 4.56. The van der Waals surface area contributed by atoms with Gasteiger partial charge in [-0.15, -0.1) is 11.3 Å². The van der Waals surface area contributed by atoms with Crippen molar-refractivity contribution in [2.75, 3.05) is 0 Å². The molecule has 3 rings (SSSR count). The third kappa shape index (κ3) is 3.02. The van der Waals surface area contributed by atoms with E-state index in [1.807, 2.05) is 6.07 Å². The van der Waals surface area contributed by atoms with Crippen molar-refractivity contribution in [3.05, 3.63) is 46.2 Å². The summed E-state index contributed by atoms with van der Waals surface area (Å²) in [7, 11) is 0. The van der Waals surface area contributed by atoms with E-state index in [1.165, 1.54) is 10.6 Å². The van der Waals surface area contributed by atoms with Crippen LogP contribution in [-0.2, 0) is 13.0 Å². The predicted octanol–water partition coefficient (Wildman–Crippen LogP) is 4.00. The number of hydrogen-bond donors (Lipinski definition) is 0.